The van der Waals surface area contributed by atoms with E-state index < -0.39 is 36.1 Å². The number of aliphatic hydroxyl groups excluding tert-OH is 2. The van der Waals surface area contributed by atoms with Gasteiger partial charge in [0.1, 0.15) is 0 Å². The molecule has 1 rings (SSSR count). The van der Waals surface area contributed by atoms with Crippen molar-refractivity contribution in [2.24, 2.45) is 0 Å². The van der Waals surface area contributed by atoms with Gasteiger partial charge < -0.3 is 25.2 Å². The van der Waals surface area contributed by atoms with Gasteiger partial charge in [-0.2, -0.15) is 0 Å². The Morgan fingerprint density at radius 3 is 2.41 bits per heavy atom. The van der Waals surface area contributed by atoms with E-state index in [2.05, 4.69) is 4.74 Å². The zero-order chi connectivity index (χ0) is 13.0. The summed E-state index contributed by atoms with van der Waals surface area (Å²) < 4.78 is 4.20. The number of carbonyl (C=O) groups excluding carboxylic acids is 2. The number of hydrogen-bond acceptors (Lipinski definition) is 7. The van der Waals surface area contributed by atoms with Crippen LogP contribution in [0.2, 0.25) is 0 Å². The molecule has 0 amide bonds. The molecular formula is C10H10O7. The van der Waals surface area contributed by atoms with Gasteiger partial charge in [0.05, 0.1) is 12.2 Å². The van der Waals surface area contributed by atoms with Crippen molar-refractivity contribution in [2.45, 2.75) is 6.10 Å². The summed E-state index contributed by atoms with van der Waals surface area (Å²) in [4.78, 5) is 22.3. The molecule has 0 saturated carbocycles. The zero-order valence-electron chi connectivity index (χ0n) is 8.53. The molecule has 0 aliphatic rings. The first-order valence-electron chi connectivity index (χ1n) is 4.52. The molecule has 1 atom stereocenters. The number of benzene rings is 1. The fourth-order valence-electron chi connectivity index (χ4n) is 0.943. The highest BCUT2D eigenvalue weighted by Crippen LogP contribution is 2.25. The fourth-order valence-corrected chi connectivity index (χ4v) is 0.943. The molecule has 7 nitrogen and oxygen atoms in total. The first-order valence-corrected chi connectivity index (χ1v) is 4.52. The third-order valence-electron chi connectivity index (χ3n) is 1.85. The Kier molecular flexibility index (Phi) is 4.02. The summed E-state index contributed by atoms with van der Waals surface area (Å²) in [6, 6.07) is 3.06. The molecule has 0 radical (unpaired) electrons. The van der Waals surface area contributed by atoms with Crippen LogP contribution in [0, 0.1) is 0 Å². The Bertz CT molecular complexity index is 440. The fraction of sp³-hybridized carbons (Fsp3) is 0.200. The Morgan fingerprint density at radius 2 is 1.88 bits per heavy atom. The molecule has 92 valence electrons. The van der Waals surface area contributed by atoms with Gasteiger partial charge in [0.2, 0.25) is 0 Å². The van der Waals surface area contributed by atoms with Crippen LogP contribution in [-0.4, -0.2) is 45.1 Å². The van der Waals surface area contributed by atoms with Crippen LogP contribution in [0.4, 0.5) is 0 Å². The number of phenols is 2. The number of aromatic hydroxyl groups is 2. The standard InChI is InChI=1S/C10H10O7/c11-4-8(14)10(16)17-9(15)5-1-2-6(12)7(13)3-5/h1-3,8,11-14H,4H2. The van der Waals surface area contributed by atoms with Crippen LogP contribution in [0.1, 0.15) is 10.4 Å². The summed E-state index contributed by atoms with van der Waals surface area (Å²) in [5.41, 5.74) is -0.182. The molecule has 0 aromatic heterocycles. The van der Waals surface area contributed by atoms with Crippen LogP contribution in [0.25, 0.3) is 0 Å². The van der Waals surface area contributed by atoms with Gasteiger partial charge in [0.25, 0.3) is 0 Å². The van der Waals surface area contributed by atoms with Crippen molar-refractivity contribution in [1.82, 2.24) is 0 Å². The third-order valence-corrected chi connectivity index (χ3v) is 1.85. The minimum Gasteiger partial charge on any atom is -0.504 e. The van der Waals surface area contributed by atoms with E-state index >= 15 is 0 Å². The number of ether oxygens (including phenoxy) is 1. The lowest BCUT2D eigenvalue weighted by Gasteiger charge is -2.06. The number of rotatable bonds is 3. The molecule has 0 bridgehead atoms. The molecule has 0 heterocycles. The van der Waals surface area contributed by atoms with E-state index in [9.17, 15) is 9.59 Å². The van der Waals surface area contributed by atoms with E-state index in [1.807, 2.05) is 0 Å². The predicted octanol–water partition coefficient (Wildman–Crippen LogP) is -0.866. The van der Waals surface area contributed by atoms with E-state index in [0.29, 0.717) is 0 Å². The van der Waals surface area contributed by atoms with Crippen LogP contribution < -0.4 is 0 Å². The van der Waals surface area contributed by atoms with Gasteiger partial charge in [-0.1, -0.05) is 0 Å². The van der Waals surface area contributed by atoms with Crippen LogP contribution in [0.3, 0.4) is 0 Å². The van der Waals surface area contributed by atoms with Gasteiger partial charge >= 0.3 is 11.9 Å². The Balaban J connectivity index is 2.77. The highest BCUT2D eigenvalue weighted by molar-refractivity contribution is 5.98. The number of esters is 2. The third kappa shape index (κ3) is 3.16. The van der Waals surface area contributed by atoms with E-state index in [4.69, 9.17) is 20.4 Å². The second kappa shape index (κ2) is 5.28. The summed E-state index contributed by atoms with van der Waals surface area (Å²) in [6.45, 7) is -0.868. The SMILES string of the molecule is O=C(OC(=O)C(O)CO)c1ccc(O)c(O)c1. The predicted molar refractivity (Wildman–Crippen MR) is 53.3 cm³/mol. The number of hydrogen-bond donors (Lipinski definition) is 4. The second-order valence-corrected chi connectivity index (χ2v) is 3.11. The van der Waals surface area contributed by atoms with Crippen molar-refractivity contribution in [3.05, 3.63) is 23.8 Å². The molecule has 0 spiro atoms. The lowest BCUT2D eigenvalue weighted by atomic mass is 10.2. The van der Waals surface area contributed by atoms with Crippen molar-refractivity contribution >= 4 is 11.9 Å². The van der Waals surface area contributed by atoms with Gasteiger partial charge in [0, 0.05) is 0 Å². The van der Waals surface area contributed by atoms with Crippen LogP contribution >= 0.6 is 0 Å². The van der Waals surface area contributed by atoms with Crippen molar-refractivity contribution in [3.63, 3.8) is 0 Å². The largest absolute Gasteiger partial charge is 0.504 e. The summed E-state index contributed by atoms with van der Waals surface area (Å²) in [5, 5.41) is 35.4. The Labute approximate surface area is 95.5 Å². The highest BCUT2D eigenvalue weighted by atomic mass is 16.6. The van der Waals surface area contributed by atoms with E-state index in [-0.39, 0.29) is 5.56 Å². The second-order valence-electron chi connectivity index (χ2n) is 3.11. The van der Waals surface area contributed by atoms with E-state index in [1.54, 1.807) is 0 Å². The quantitative estimate of drug-likeness (QED) is 0.308. The van der Waals surface area contributed by atoms with Crippen molar-refractivity contribution in [2.75, 3.05) is 6.61 Å². The molecule has 0 aliphatic heterocycles. The average Bonchev–Trinajstić information content (AvgIpc) is 2.31. The van der Waals surface area contributed by atoms with Crippen molar-refractivity contribution in [3.8, 4) is 11.5 Å². The molecule has 1 unspecified atom stereocenters. The van der Waals surface area contributed by atoms with Gasteiger partial charge in [0.15, 0.2) is 17.6 Å². The normalized spacial score (nSPS) is 11.9. The average molecular weight is 242 g/mol. The molecule has 1 aromatic rings. The molecule has 17 heavy (non-hydrogen) atoms. The van der Waals surface area contributed by atoms with Crippen LogP contribution in [0.15, 0.2) is 18.2 Å². The molecule has 4 N–H and O–H groups in total. The molecule has 1 aromatic carbocycles. The van der Waals surface area contributed by atoms with Crippen LogP contribution in [0.5, 0.6) is 11.5 Å². The van der Waals surface area contributed by atoms with Gasteiger partial charge in [-0.15, -0.1) is 0 Å². The smallest absolute Gasteiger partial charge is 0.345 e. The molecule has 0 aliphatic carbocycles. The van der Waals surface area contributed by atoms with Gasteiger partial charge in [-0.3, -0.25) is 0 Å². The van der Waals surface area contributed by atoms with E-state index in [1.165, 1.54) is 0 Å². The first kappa shape index (κ1) is 12.9. The molecule has 0 saturated heterocycles. The maximum atomic E-state index is 11.3. The summed E-state index contributed by atoms with van der Waals surface area (Å²) in [7, 11) is 0. The molecular weight excluding hydrogens is 232 g/mol. The lowest BCUT2D eigenvalue weighted by molar-refractivity contribution is -0.149. The Hall–Kier alpha value is -2.12. The van der Waals surface area contributed by atoms with Crippen molar-refractivity contribution in [1.29, 1.82) is 0 Å². The topological polar surface area (TPSA) is 124 Å². The van der Waals surface area contributed by atoms with E-state index in [0.717, 1.165) is 18.2 Å². The maximum Gasteiger partial charge on any atom is 0.345 e. The maximum absolute atomic E-state index is 11.3. The Morgan fingerprint density at radius 1 is 1.24 bits per heavy atom. The van der Waals surface area contributed by atoms with Crippen molar-refractivity contribution < 1.29 is 34.8 Å². The molecule has 7 heteroatoms. The minimum absolute atomic E-state index is 0.182. The minimum atomic E-state index is -1.80. The summed E-state index contributed by atoms with van der Waals surface area (Å²) >= 11 is 0. The number of carbonyl (C=O) groups is 2. The zero-order valence-corrected chi connectivity index (χ0v) is 8.53. The first-order chi connectivity index (χ1) is 7.95. The molecule has 0 fully saturated rings. The number of aliphatic hydroxyl groups is 2. The monoisotopic (exact) mass is 242 g/mol. The van der Waals surface area contributed by atoms with Gasteiger partial charge in [-0.25, -0.2) is 9.59 Å². The van der Waals surface area contributed by atoms with Gasteiger partial charge in [-0.05, 0) is 18.2 Å². The highest BCUT2D eigenvalue weighted by Gasteiger charge is 2.20. The number of phenolic OH excluding ortho intramolecular Hbond substituents is 2. The van der Waals surface area contributed by atoms with Crippen LogP contribution in [-0.2, 0) is 9.53 Å². The lowest BCUT2D eigenvalue weighted by Crippen LogP contribution is -2.28. The summed E-state index contributed by atoms with van der Waals surface area (Å²) in [5.74, 6) is -3.39. The summed E-state index contributed by atoms with van der Waals surface area (Å²) in [6.07, 6.45) is -1.80.